The first kappa shape index (κ1) is 15.1. The molecule has 0 radical (unpaired) electrons. The number of fused-ring (bicyclic) bond motifs is 1. The molecule has 0 bridgehead atoms. The first-order valence-corrected chi connectivity index (χ1v) is 7.35. The molecule has 0 spiro atoms. The number of hydrogen-bond donors (Lipinski definition) is 1. The number of carbonyl (C=O) groups is 1. The maximum absolute atomic E-state index is 11.7. The van der Waals surface area contributed by atoms with E-state index in [1.807, 2.05) is 42.5 Å². The lowest BCUT2D eigenvalue weighted by Gasteiger charge is -2.03. The average molecular weight is 325 g/mol. The van der Waals surface area contributed by atoms with E-state index in [-0.39, 0.29) is 0 Å². The van der Waals surface area contributed by atoms with Gasteiger partial charge in [-0.05, 0) is 35.0 Å². The molecule has 1 amide bonds. The highest BCUT2D eigenvalue weighted by Crippen LogP contribution is 2.17. The Balaban J connectivity index is 1.66. The van der Waals surface area contributed by atoms with Gasteiger partial charge >= 0.3 is 6.09 Å². The molecule has 0 heterocycles. The minimum Gasteiger partial charge on any atom is -0.298 e. The van der Waals surface area contributed by atoms with Crippen molar-refractivity contribution < 1.29 is 9.63 Å². The van der Waals surface area contributed by atoms with E-state index in [1.165, 1.54) is 6.21 Å². The van der Waals surface area contributed by atoms with Crippen molar-refractivity contribution in [2.24, 2.45) is 5.16 Å². The normalized spacial score (nSPS) is 10.8. The summed E-state index contributed by atoms with van der Waals surface area (Å²) in [5, 5.41) is 9.04. The number of hydrogen-bond acceptors (Lipinski definition) is 3. The summed E-state index contributed by atoms with van der Waals surface area (Å²) in [5.41, 5.74) is 1.46. The molecule has 3 aromatic carbocycles. The second kappa shape index (κ2) is 6.94. The molecule has 0 aliphatic carbocycles. The zero-order chi connectivity index (χ0) is 16.1. The summed E-state index contributed by atoms with van der Waals surface area (Å²) in [7, 11) is 0. The minimum atomic E-state index is -0.663. The maximum atomic E-state index is 11.7. The lowest BCUT2D eigenvalue weighted by molar-refractivity contribution is 0.167. The Morgan fingerprint density at radius 2 is 1.74 bits per heavy atom. The van der Waals surface area contributed by atoms with Crippen LogP contribution in [0.5, 0.6) is 0 Å². The maximum Gasteiger partial charge on any atom is 0.437 e. The third-order valence-electron chi connectivity index (χ3n) is 3.24. The van der Waals surface area contributed by atoms with Crippen LogP contribution in [0.15, 0.2) is 71.9 Å². The van der Waals surface area contributed by atoms with Gasteiger partial charge in [0.15, 0.2) is 0 Å². The topological polar surface area (TPSA) is 50.7 Å². The zero-order valence-corrected chi connectivity index (χ0v) is 12.8. The van der Waals surface area contributed by atoms with Gasteiger partial charge in [-0.2, -0.15) is 0 Å². The third kappa shape index (κ3) is 3.87. The summed E-state index contributed by atoms with van der Waals surface area (Å²) in [6.45, 7) is 0. The van der Waals surface area contributed by atoms with Gasteiger partial charge in [0, 0.05) is 16.3 Å². The molecule has 114 valence electrons. The monoisotopic (exact) mass is 324 g/mol. The third-order valence-corrected chi connectivity index (χ3v) is 3.49. The molecule has 23 heavy (non-hydrogen) atoms. The molecule has 3 aromatic rings. The van der Waals surface area contributed by atoms with E-state index in [0.29, 0.717) is 10.7 Å². The predicted molar refractivity (Wildman–Crippen MR) is 93.1 cm³/mol. The molecule has 4 nitrogen and oxygen atoms in total. The number of nitrogens with one attached hydrogen (secondary N) is 1. The Bertz CT molecular complexity index is 855. The zero-order valence-electron chi connectivity index (χ0n) is 12.1. The Morgan fingerprint density at radius 1 is 1.00 bits per heavy atom. The van der Waals surface area contributed by atoms with E-state index < -0.39 is 6.09 Å². The van der Waals surface area contributed by atoms with Crippen LogP contribution in [0.4, 0.5) is 10.5 Å². The summed E-state index contributed by atoms with van der Waals surface area (Å²) in [6.07, 6.45) is 0.854. The number of oxime groups is 1. The molecule has 0 saturated heterocycles. The summed E-state index contributed by atoms with van der Waals surface area (Å²) >= 11 is 5.78. The highest BCUT2D eigenvalue weighted by atomic mass is 35.5. The predicted octanol–water partition coefficient (Wildman–Crippen LogP) is 5.08. The first-order valence-electron chi connectivity index (χ1n) is 6.97. The standard InChI is InChI=1S/C18H13ClN2O2/c19-15-8-10-16(11-9-15)21-18(22)23-20-12-14-6-3-5-13-4-1-2-7-17(13)14/h1-12H,(H,21,22)/b20-12+. The van der Waals surface area contributed by atoms with Crippen molar-refractivity contribution in [3.05, 3.63) is 77.3 Å². The number of nitrogens with zero attached hydrogens (tertiary/aromatic N) is 1. The molecule has 0 fully saturated rings. The van der Waals surface area contributed by atoms with Gasteiger partial charge < -0.3 is 0 Å². The van der Waals surface area contributed by atoms with E-state index in [0.717, 1.165) is 16.3 Å². The van der Waals surface area contributed by atoms with Crippen LogP contribution in [0.2, 0.25) is 5.02 Å². The van der Waals surface area contributed by atoms with Crippen LogP contribution in [0.3, 0.4) is 0 Å². The van der Waals surface area contributed by atoms with Crippen molar-refractivity contribution >= 4 is 40.4 Å². The summed E-state index contributed by atoms with van der Waals surface area (Å²) in [6, 6.07) is 20.5. The number of benzene rings is 3. The van der Waals surface area contributed by atoms with E-state index in [2.05, 4.69) is 10.5 Å². The van der Waals surface area contributed by atoms with Crippen LogP contribution >= 0.6 is 11.6 Å². The van der Waals surface area contributed by atoms with Gasteiger partial charge in [-0.1, -0.05) is 59.2 Å². The van der Waals surface area contributed by atoms with Crippen molar-refractivity contribution in [2.75, 3.05) is 5.32 Å². The SMILES string of the molecule is O=C(Nc1ccc(Cl)cc1)O/N=C/c1cccc2ccccc12. The Kier molecular flexibility index (Phi) is 4.54. The number of carbonyl (C=O) groups excluding carboxylic acids is 1. The largest absolute Gasteiger partial charge is 0.437 e. The second-order valence-electron chi connectivity index (χ2n) is 4.81. The Hall–Kier alpha value is -2.85. The quantitative estimate of drug-likeness (QED) is 0.415. The van der Waals surface area contributed by atoms with Crippen molar-refractivity contribution in [3.63, 3.8) is 0 Å². The summed E-state index contributed by atoms with van der Waals surface area (Å²) in [4.78, 5) is 16.5. The molecular weight excluding hydrogens is 312 g/mol. The minimum absolute atomic E-state index is 0.583. The molecule has 5 heteroatoms. The van der Waals surface area contributed by atoms with E-state index in [1.54, 1.807) is 24.3 Å². The van der Waals surface area contributed by atoms with Crippen LogP contribution in [0.1, 0.15) is 5.56 Å². The van der Waals surface area contributed by atoms with Gasteiger partial charge in [0.2, 0.25) is 0 Å². The number of rotatable bonds is 3. The van der Waals surface area contributed by atoms with E-state index in [9.17, 15) is 4.79 Å². The highest BCUT2D eigenvalue weighted by Gasteiger charge is 2.03. The number of anilines is 1. The van der Waals surface area contributed by atoms with Crippen molar-refractivity contribution in [1.82, 2.24) is 0 Å². The van der Waals surface area contributed by atoms with Crippen molar-refractivity contribution in [1.29, 1.82) is 0 Å². The van der Waals surface area contributed by atoms with Crippen LogP contribution in [-0.2, 0) is 4.84 Å². The molecule has 0 aliphatic rings. The molecular formula is C18H13ClN2O2. The van der Waals surface area contributed by atoms with Gasteiger partial charge in [-0.3, -0.25) is 10.2 Å². The molecule has 0 atom stereocenters. The van der Waals surface area contributed by atoms with Crippen LogP contribution in [0, 0.1) is 0 Å². The number of amides is 1. The van der Waals surface area contributed by atoms with Crippen molar-refractivity contribution in [3.8, 4) is 0 Å². The average Bonchev–Trinajstić information content (AvgIpc) is 2.57. The molecule has 0 aromatic heterocycles. The molecule has 1 N–H and O–H groups in total. The fraction of sp³-hybridized carbons (Fsp3) is 0. The number of halogens is 1. The fourth-order valence-electron chi connectivity index (χ4n) is 2.17. The van der Waals surface area contributed by atoms with Crippen molar-refractivity contribution in [2.45, 2.75) is 0 Å². The first-order chi connectivity index (χ1) is 11.2. The lowest BCUT2D eigenvalue weighted by Crippen LogP contribution is -2.10. The highest BCUT2D eigenvalue weighted by molar-refractivity contribution is 6.30. The van der Waals surface area contributed by atoms with Gasteiger partial charge in [0.25, 0.3) is 0 Å². The van der Waals surface area contributed by atoms with Gasteiger partial charge in [-0.25, -0.2) is 4.79 Å². The molecule has 3 rings (SSSR count). The van der Waals surface area contributed by atoms with Gasteiger partial charge in [0.1, 0.15) is 0 Å². The van der Waals surface area contributed by atoms with E-state index >= 15 is 0 Å². The van der Waals surface area contributed by atoms with E-state index in [4.69, 9.17) is 16.4 Å². The smallest absolute Gasteiger partial charge is 0.298 e. The van der Waals surface area contributed by atoms with Gasteiger partial charge in [-0.15, -0.1) is 0 Å². The molecule has 0 saturated carbocycles. The lowest BCUT2D eigenvalue weighted by atomic mass is 10.1. The summed E-state index contributed by atoms with van der Waals surface area (Å²) in [5.74, 6) is 0. The van der Waals surface area contributed by atoms with Crippen LogP contribution < -0.4 is 5.32 Å². The van der Waals surface area contributed by atoms with Crippen LogP contribution in [-0.4, -0.2) is 12.3 Å². The molecule has 0 aliphatic heterocycles. The fourth-order valence-corrected chi connectivity index (χ4v) is 2.29. The van der Waals surface area contributed by atoms with Crippen LogP contribution in [0.25, 0.3) is 10.8 Å². The Labute approximate surface area is 138 Å². The second-order valence-corrected chi connectivity index (χ2v) is 5.25. The summed E-state index contributed by atoms with van der Waals surface area (Å²) < 4.78 is 0. The Morgan fingerprint density at radius 3 is 2.57 bits per heavy atom. The molecule has 0 unspecified atom stereocenters. The van der Waals surface area contributed by atoms with Gasteiger partial charge in [0.05, 0.1) is 6.21 Å².